The van der Waals surface area contributed by atoms with Gasteiger partial charge in [0, 0.05) is 24.6 Å². The van der Waals surface area contributed by atoms with Crippen molar-refractivity contribution < 1.29 is 13.5 Å². The van der Waals surface area contributed by atoms with Crippen molar-refractivity contribution in [2.45, 2.75) is 0 Å². The Morgan fingerprint density at radius 3 is 2.70 bits per heavy atom. The van der Waals surface area contributed by atoms with Crippen LogP contribution in [0.5, 0.6) is 5.75 Å². The highest BCUT2D eigenvalue weighted by atomic mass is 19.1. The number of fused-ring (bicyclic) bond motifs is 1. The van der Waals surface area contributed by atoms with E-state index in [4.69, 9.17) is 14.9 Å². The molecule has 0 aliphatic carbocycles. The number of halogens is 1. The molecule has 0 radical (unpaired) electrons. The SMILES string of the molecule is CN=C(N)N(c1cc2ccccc2o1)c1cc(F)ccc1OC. The third kappa shape index (κ3) is 2.70. The number of benzene rings is 2. The summed E-state index contributed by atoms with van der Waals surface area (Å²) in [6.45, 7) is 0. The molecule has 2 N–H and O–H groups in total. The van der Waals surface area contributed by atoms with E-state index in [1.165, 1.54) is 30.2 Å². The van der Waals surface area contributed by atoms with Gasteiger partial charge in [-0.25, -0.2) is 9.29 Å². The molecule has 1 heterocycles. The molecule has 5 nitrogen and oxygen atoms in total. The molecule has 3 aromatic rings. The zero-order valence-corrected chi connectivity index (χ0v) is 12.8. The van der Waals surface area contributed by atoms with Gasteiger partial charge in [-0.3, -0.25) is 4.99 Å². The number of methoxy groups -OCH3 is 1. The molecular weight excluding hydrogens is 297 g/mol. The van der Waals surface area contributed by atoms with E-state index in [1.807, 2.05) is 30.3 Å². The van der Waals surface area contributed by atoms with Crippen LogP contribution in [0.3, 0.4) is 0 Å². The Labute approximate surface area is 132 Å². The Balaban J connectivity index is 2.21. The average molecular weight is 313 g/mol. The second kappa shape index (κ2) is 6.00. The molecule has 0 saturated carbocycles. The maximum Gasteiger partial charge on any atom is 0.208 e. The summed E-state index contributed by atoms with van der Waals surface area (Å²) in [4.78, 5) is 5.51. The van der Waals surface area contributed by atoms with Crippen molar-refractivity contribution in [3.63, 3.8) is 0 Å². The Kier molecular flexibility index (Phi) is 3.89. The van der Waals surface area contributed by atoms with Crippen LogP contribution in [0, 0.1) is 5.82 Å². The molecule has 118 valence electrons. The summed E-state index contributed by atoms with van der Waals surface area (Å²) < 4.78 is 24.9. The molecule has 2 aromatic carbocycles. The summed E-state index contributed by atoms with van der Waals surface area (Å²) in [5.41, 5.74) is 7.13. The zero-order chi connectivity index (χ0) is 16.4. The predicted molar refractivity (Wildman–Crippen MR) is 88.9 cm³/mol. The lowest BCUT2D eigenvalue weighted by Gasteiger charge is -2.22. The van der Waals surface area contributed by atoms with Gasteiger partial charge < -0.3 is 14.9 Å². The maximum absolute atomic E-state index is 13.7. The lowest BCUT2D eigenvalue weighted by atomic mass is 10.2. The number of furan rings is 1. The molecule has 0 unspecified atom stereocenters. The van der Waals surface area contributed by atoms with Crippen LogP contribution in [-0.2, 0) is 0 Å². The van der Waals surface area contributed by atoms with Crippen LogP contribution in [0.2, 0.25) is 0 Å². The molecule has 0 fully saturated rings. The molecule has 6 heteroatoms. The summed E-state index contributed by atoms with van der Waals surface area (Å²) >= 11 is 0. The van der Waals surface area contributed by atoms with Gasteiger partial charge in [-0.15, -0.1) is 0 Å². The number of nitrogens with zero attached hydrogens (tertiary/aromatic N) is 2. The van der Waals surface area contributed by atoms with Crippen LogP contribution < -0.4 is 15.4 Å². The molecule has 0 amide bonds. The van der Waals surface area contributed by atoms with Crippen molar-refractivity contribution in [2.75, 3.05) is 19.1 Å². The number of hydrogen-bond donors (Lipinski definition) is 1. The monoisotopic (exact) mass is 313 g/mol. The summed E-state index contributed by atoms with van der Waals surface area (Å²) in [5, 5.41) is 0.909. The molecule has 23 heavy (non-hydrogen) atoms. The van der Waals surface area contributed by atoms with Crippen LogP contribution in [0.25, 0.3) is 11.0 Å². The van der Waals surface area contributed by atoms with Crippen molar-refractivity contribution in [1.29, 1.82) is 0 Å². The van der Waals surface area contributed by atoms with Crippen LogP contribution in [0.1, 0.15) is 0 Å². The first kappa shape index (κ1) is 14.9. The van der Waals surface area contributed by atoms with Gasteiger partial charge in [0.1, 0.15) is 17.1 Å². The van der Waals surface area contributed by atoms with Crippen LogP contribution in [0.4, 0.5) is 16.0 Å². The standard InChI is InChI=1S/C17H16FN3O2/c1-20-17(19)21(13-10-12(18)7-8-15(13)22-2)16-9-11-5-3-4-6-14(11)23-16/h3-10H,1-2H3,(H2,19,20). The minimum Gasteiger partial charge on any atom is -0.495 e. The molecule has 1 aromatic heterocycles. The maximum atomic E-state index is 13.7. The number of guanidine groups is 1. The first-order valence-corrected chi connectivity index (χ1v) is 6.98. The first-order valence-electron chi connectivity index (χ1n) is 6.98. The van der Waals surface area contributed by atoms with E-state index in [-0.39, 0.29) is 5.96 Å². The Hall–Kier alpha value is -3.02. The molecule has 3 rings (SSSR count). The fourth-order valence-electron chi connectivity index (χ4n) is 2.37. The van der Waals surface area contributed by atoms with Crippen molar-refractivity contribution in [3.8, 4) is 5.75 Å². The van der Waals surface area contributed by atoms with Crippen molar-refractivity contribution in [2.24, 2.45) is 10.7 Å². The number of nitrogens with two attached hydrogens (primary N) is 1. The van der Waals surface area contributed by atoms with E-state index < -0.39 is 5.82 Å². The van der Waals surface area contributed by atoms with E-state index in [9.17, 15) is 4.39 Å². The zero-order valence-electron chi connectivity index (χ0n) is 12.8. The fraction of sp³-hybridized carbons (Fsp3) is 0.118. The minimum atomic E-state index is -0.411. The van der Waals surface area contributed by atoms with Crippen molar-refractivity contribution >= 4 is 28.5 Å². The smallest absolute Gasteiger partial charge is 0.208 e. The number of hydrogen-bond acceptors (Lipinski definition) is 3. The van der Waals surface area contributed by atoms with E-state index in [0.29, 0.717) is 22.9 Å². The number of ether oxygens (including phenoxy) is 1. The van der Waals surface area contributed by atoms with Gasteiger partial charge in [-0.1, -0.05) is 18.2 Å². The predicted octanol–water partition coefficient (Wildman–Crippen LogP) is 3.66. The third-order valence-electron chi connectivity index (χ3n) is 3.47. The summed E-state index contributed by atoms with van der Waals surface area (Å²) in [6.07, 6.45) is 0. The molecule has 0 atom stereocenters. The van der Waals surface area contributed by atoms with Gasteiger partial charge in [-0.2, -0.15) is 0 Å². The highest BCUT2D eigenvalue weighted by Crippen LogP contribution is 2.36. The molecule has 0 spiro atoms. The highest BCUT2D eigenvalue weighted by Gasteiger charge is 2.22. The highest BCUT2D eigenvalue weighted by molar-refractivity contribution is 6.03. The Morgan fingerprint density at radius 1 is 1.22 bits per heavy atom. The molecule has 0 aliphatic heterocycles. The van der Waals surface area contributed by atoms with Crippen LogP contribution in [0.15, 0.2) is 57.9 Å². The summed E-state index contributed by atoms with van der Waals surface area (Å²) in [7, 11) is 3.06. The Bertz CT molecular complexity index is 840. The second-order valence-electron chi connectivity index (χ2n) is 4.86. The average Bonchev–Trinajstić information content (AvgIpc) is 2.98. The second-order valence-corrected chi connectivity index (χ2v) is 4.86. The molecule has 0 bridgehead atoms. The summed E-state index contributed by atoms with van der Waals surface area (Å²) in [6, 6.07) is 13.5. The molecule has 0 aliphatic rings. The first-order chi connectivity index (χ1) is 11.1. The summed E-state index contributed by atoms with van der Waals surface area (Å²) in [5.74, 6) is 0.635. The van der Waals surface area contributed by atoms with Crippen molar-refractivity contribution in [1.82, 2.24) is 0 Å². The van der Waals surface area contributed by atoms with E-state index in [2.05, 4.69) is 4.99 Å². The normalized spacial score (nSPS) is 11.7. The number of rotatable bonds is 3. The molecular formula is C17H16FN3O2. The lowest BCUT2D eigenvalue weighted by Crippen LogP contribution is -2.33. The topological polar surface area (TPSA) is 64.0 Å². The molecule has 0 saturated heterocycles. The van der Waals surface area contributed by atoms with Gasteiger partial charge in [0.15, 0.2) is 0 Å². The number of para-hydroxylation sites is 1. The Morgan fingerprint density at radius 2 is 2.00 bits per heavy atom. The van der Waals surface area contributed by atoms with E-state index in [1.54, 1.807) is 7.05 Å². The minimum absolute atomic E-state index is 0.160. The van der Waals surface area contributed by atoms with Crippen molar-refractivity contribution in [3.05, 3.63) is 54.3 Å². The van der Waals surface area contributed by atoms with Gasteiger partial charge >= 0.3 is 0 Å². The quantitative estimate of drug-likeness (QED) is 0.592. The van der Waals surface area contributed by atoms with Gasteiger partial charge in [-0.05, 0) is 18.2 Å². The number of anilines is 2. The fourth-order valence-corrected chi connectivity index (χ4v) is 2.37. The lowest BCUT2D eigenvalue weighted by molar-refractivity contribution is 0.414. The number of aliphatic imine (C=N–C) groups is 1. The van der Waals surface area contributed by atoms with Gasteiger partial charge in [0.25, 0.3) is 0 Å². The largest absolute Gasteiger partial charge is 0.495 e. The van der Waals surface area contributed by atoms with E-state index in [0.717, 1.165) is 5.39 Å². The van der Waals surface area contributed by atoms with Crippen LogP contribution in [-0.4, -0.2) is 20.1 Å². The van der Waals surface area contributed by atoms with Gasteiger partial charge in [0.2, 0.25) is 11.8 Å². The third-order valence-corrected chi connectivity index (χ3v) is 3.47. The van der Waals surface area contributed by atoms with Crippen LogP contribution >= 0.6 is 0 Å². The van der Waals surface area contributed by atoms with E-state index >= 15 is 0 Å². The van der Waals surface area contributed by atoms with Gasteiger partial charge in [0.05, 0.1) is 12.8 Å².